The first-order valence-electron chi connectivity index (χ1n) is 10.1. The van der Waals surface area contributed by atoms with E-state index in [-0.39, 0.29) is 17.9 Å². The fourth-order valence-electron chi connectivity index (χ4n) is 4.34. The average Bonchev–Trinajstić information content (AvgIpc) is 3.22. The van der Waals surface area contributed by atoms with Crippen molar-refractivity contribution >= 4 is 11.8 Å². The van der Waals surface area contributed by atoms with Crippen LogP contribution in [0, 0.1) is 0 Å². The predicted octanol–water partition coefficient (Wildman–Crippen LogP) is 1.59. The summed E-state index contributed by atoms with van der Waals surface area (Å²) < 4.78 is 7.68. The SMILES string of the molecule is COc1cccc(C2c3cccn3CCN2CC(=O)N2CCN(C(C)=O)CC2)c1. The zero-order valence-corrected chi connectivity index (χ0v) is 17.1. The Labute approximate surface area is 171 Å². The van der Waals surface area contributed by atoms with Crippen molar-refractivity contribution in [2.75, 3.05) is 46.4 Å². The molecule has 7 heteroatoms. The van der Waals surface area contributed by atoms with Crippen molar-refractivity contribution in [1.29, 1.82) is 0 Å². The molecule has 3 heterocycles. The molecule has 2 amide bonds. The lowest BCUT2D eigenvalue weighted by molar-refractivity contribution is -0.139. The van der Waals surface area contributed by atoms with Crippen LogP contribution in [0.25, 0.3) is 0 Å². The van der Waals surface area contributed by atoms with Gasteiger partial charge in [-0.2, -0.15) is 0 Å². The number of hydrogen-bond donors (Lipinski definition) is 0. The van der Waals surface area contributed by atoms with Gasteiger partial charge in [-0.15, -0.1) is 0 Å². The second kappa shape index (κ2) is 8.29. The number of fused-ring (bicyclic) bond motifs is 1. The van der Waals surface area contributed by atoms with Crippen molar-refractivity contribution in [3.63, 3.8) is 0 Å². The van der Waals surface area contributed by atoms with E-state index in [0.717, 1.165) is 24.4 Å². The number of aromatic nitrogens is 1. The standard InChI is InChI=1S/C22H28N4O3/c1-17(27)23-9-12-25(13-10-23)21(28)16-26-14-11-24-8-4-7-20(24)22(26)18-5-3-6-19(15-18)29-2/h3-8,15,22H,9-14,16H2,1-2H3. The molecule has 4 rings (SSSR count). The van der Waals surface area contributed by atoms with E-state index in [1.165, 1.54) is 5.69 Å². The summed E-state index contributed by atoms with van der Waals surface area (Å²) in [5.41, 5.74) is 2.32. The number of nitrogens with zero attached hydrogens (tertiary/aromatic N) is 4. The number of carbonyl (C=O) groups excluding carboxylic acids is 2. The number of methoxy groups -OCH3 is 1. The van der Waals surface area contributed by atoms with E-state index in [1.807, 2.05) is 17.0 Å². The van der Waals surface area contributed by atoms with Gasteiger partial charge in [0.15, 0.2) is 0 Å². The molecule has 1 fully saturated rings. The van der Waals surface area contributed by atoms with Crippen LogP contribution in [0.3, 0.4) is 0 Å². The molecule has 1 aromatic heterocycles. The summed E-state index contributed by atoms with van der Waals surface area (Å²) in [5.74, 6) is 1.02. The van der Waals surface area contributed by atoms with E-state index in [1.54, 1.807) is 18.9 Å². The molecule has 0 N–H and O–H groups in total. The van der Waals surface area contributed by atoms with Gasteiger partial charge in [-0.1, -0.05) is 12.1 Å². The highest BCUT2D eigenvalue weighted by Gasteiger charge is 2.32. The van der Waals surface area contributed by atoms with Gasteiger partial charge in [-0.3, -0.25) is 14.5 Å². The van der Waals surface area contributed by atoms with Gasteiger partial charge in [0.25, 0.3) is 0 Å². The van der Waals surface area contributed by atoms with Crippen molar-refractivity contribution in [1.82, 2.24) is 19.3 Å². The minimum absolute atomic E-state index is 0.0105. The third-order valence-corrected chi connectivity index (χ3v) is 5.96. The van der Waals surface area contributed by atoms with E-state index in [2.05, 4.69) is 39.9 Å². The molecular formula is C22H28N4O3. The number of amides is 2. The summed E-state index contributed by atoms with van der Waals surface area (Å²) in [6, 6.07) is 12.3. The smallest absolute Gasteiger partial charge is 0.236 e. The molecule has 7 nitrogen and oxygen atoms in total. The highest BCUT2D eigenvalue weighted by molar-refractivity contribution is 5.79. The molecular weight excluding hydrogens is 368 g/mol. The maximum atomic E-state index is 13.0. The minimum atomic E-state index is 0.0105. The minimum Gasteiger partial charge on any atom is -0.497 e. The van der Waals surface area contributed by atoms with Gasteiger partial charge in [0.2, 0.25) is 11.8 Å². The average molecular weight is 396 g/mol. The number of benzene rings is 1. The first-order chi connectivity index (χ1) is 14.1. The Morgan fingerprint density at radius 2 is 1.76 bits per heavy atom. The summed E-state index contributed by atoms with van der Waals surface area (Å²) in [6.45, 7) is 6.06. The Morgan fingerprint density at radius 1 is 1.00 bits per heavy atom. The predicted molar refractivity (Wildman–Crippen MR) is 110 cm³/mol. The van der Waals surface area contributed by atoms with Gasteiger partial charge in [-0.05, 0) is 29.8 Å². The molecule has 1 atom stereocenters. The largest absolute Gasteiger partial charge is 0.497 e. The number of rotatable bonds is 4. The van der Waals surface area contributed by atoms with Crippen molar-refractivity contribution in [2.45, 2.75) is 19.5 Å². The molecule has 1 unspecified atom stereocenters. The molecule has 1 aromatic carbocycles. The Hall–Kier alpha value is -2.80. The van der Waals surface area contributed by atoms with E-state index in [9.17, 15) is 9.59 Å². The topological polar surface area (TPSA) is 58.0 Å². The zero-order chi connectivity index (χ0) is 20.4. The maximum Gasteiger partial charge on any atom is 0.236 e. The van der Waals surface area contributed by atoms with Gasteiger partial charge in [0, 0.05) is 58.1 Å². The Balaban J connectivity index is 1.53. The summed E-state index contributed by atoms with van der Waals surface area (Å²) in [6.07, 6.45) is 2.10. The van der Waals surface area contributed by atoms with Gasteiger partial charge >= 0.3 is 0 Å². The Morgan fingerprint density at radius 3 is 2.48 bits per heavy atom. The van der Waals surface area contributed by atoms with Crippen LogP contribution in [-0.2, 0) is 16.1 Å². The van der Waals surface area contributed by atoms with E-state index in [4.69, 9.17) is 4.74 Å². The first kappa shape index (κ1) is 19.5. The lowest BCUT2D eigenvalue weighted by atomic mass is 9.99. The summed E-state index contributed by atoms with van der Waals surface area (Å²) in [4.78, 5) is 30.5. The van der Waals surface area contributed by atoms with Crippen LogP contribution >= 0.6 is 0 Å². The molecule has 0 aliphatic carbocycles. The third-order valence-electron chi connectivity index (χ3n) is 5.96. The Bertz CT molecular complexity index is 886. The lowest BCUT2D eigenvalue weighted by Gasteiger charge is -2.39. The first-order valence-corrected chi connectivity index (χ1v) is 10.1. The van der Waals surface area contributed by atoms with E-state index < -0.39 is 0 Å². The van der Waals surface area contributed by atoms with E-state index >= 15 is 0 Å². The van der Waals surface area contributed by atoms with Gasteiger partial charge in [0.05, 0.1) is 19.7 Å². The molecule has 0 radical (unpaired) electrons. The summed E-state index contributed by atoms with van der Waals surface area (Å²) >= 11 is 0. The van der Waals surface area contributed by atoms with Crippen LogP contribution in [0.1, 0.15) is 24.2 Å². The number of ether oxygens (including phenoxy) is 1. The fraction of sp³-hybridized carbons (Fsp3) is 0.455. The van der Waals surface area contributed by atoms with Crippen LogP contribution in [0.4, 0.5) is 0 Å². The van der Waals surface area contributed by atoms with Crippen LogP contribution in [0.2, 0.25) is 0 Å². The maximum absolute atomic E-state index is 13.0. The Kier molecular flexibility index (Phi) is 5.58. The summed E-state index contributed by atoms with van der Waals surface area (Å²) in [5, 5.41) is 0. The highest BCUT2D eigenvalue weighted by Crippen LogP contribution is 2.33. The molecule has 0 saturated carbocycles. The fourth-order valence-corrected chi connectivity index (χ4v) is 4.34. The van der Waals surface area contributed by atoms with E-state index in [0.29, 0.717) is 32.7 Å². The number of carbonyl (C=O) groups is 2. The van der Waals surface area contributed by atoms with Crippen LogP contribution in [0.5, 0.6) is 5.75 Å². The van der Waals surface area contributed by atoms with Gasteiger partial charge in [-0.25, -0.2) is 0 Å². The van der Waals surface area contributed by atoms with Crippen molar-refractivity contribution < 1.29 is 14.3 Å². The van der Waals surface area contributed by atoms with Crippen LogP contribution in [0.15, 0.2) is 42.6 Å². The molecule has 0 bridgehead atoms. The highest BCUT2D eigenvalue weighted by atomic mass is 16.5. The normalized spacial score (nSPS) is 19.7. The second-order valence-corrected chi connectivity index (χ2v) is 7.66. The lowest BCUT2D eigenvalue weighted by Crippen LogP contribution is -2.53. The van der Waals surface area contributed by atoms with Crippen LogP contribution in [-0.4, -0.2) is 77.5 Å². The van der Waals surface area contributed by atoms with Crippen LogP contribution < -0.4 is 4.74 Å². The zero-order valence-electron chi connectivity index (χ0n) is 17.1. The molecule has 29 heavy (non-hydrogen) atoms. The van der Waals surface area contributed by atoms with Crippen molar-refractivity contribution in [3.05, 3.63) is 53.9 Å². The summed E-state index contributed by atoms with van der Waals surface area (Å²) in [7, 11) is 1.67. The number of piperazine rings is 1. The third kappa shape index (κ3) is 4.00. The quantitative estimate of drug-likeness (QED) is 0.788. The molecule has 1 saturated heterocycles. The van der Waals surface area contributed by atoms with Crippen molar-refractivity contribution in [2.24, 2.45) is 0 Å². The molecule has 154 valence electrons. The molecule has 2 aliphatic rings. The monoisotopic (exact) mass is 396 g/mol. The molecule has 2 aliphatic heterocycles. The van der Waals surface area contributed by atoms with Gasteiger partial charge < -0.3 is 19.1 Å². The second-order valence-electron chi connectivity index (χ2n) is 7.66. The van der Waals surface area contributed by atoms with Crippen molar-refractivity contribution in [3.8, 4) is 5.75 Å². The molecule has 0 spiro atoms. The molecule has 2 aromatic rings. The van der Waals surface area contributed by atoms with Gasteiger partial charge in [0.1, 0.15) is 5.75 Å². The number of hydrogen-bond acceptors (Lipinski definition) is 4.